The summed E-state index contributed by atoms with van der Waals surface area (Å²) in [4.78, 5) is 10.2. The number of aryl methyl sites for hydroxylation is 3. The van der Waals surface area contributed by atoms with E-state index in [4.69, 9.17) is 0 Å². The third kappa shape index (κ3) is 3.32. The van der Waals surface area contributed by atoms with Crippen LogP contribution in [0, 0.1) is 5.82 Å². The van der Waals surface area contributed by atoms with Gasteiger partial charge in [0.15, 0.2) is 11.6 Å². The molecule has 1 saturated heterocycles. The molecule has 0 spiro atoms. The quantitative estimate of drug-likeness (QED) is 0.801. The molecule has 0 bridgehead atoms. The van der Waals surface area contributed by atoms with E-state index in [0.29, 0.717) is 43.2 Å². The van der Waals surface area contributed by atoms with Crippen LogP contribution < -0.4 is 4.90 Å². The number of rotatable bonds is 4. The molecule has 6 nitrogen and oxygen atoms in total. The van der Waals surface area contributed by atoms with Gasteiger partial charge in [-0.3, -0.25) is 0 Å². The first-order valence-corrected chi connectivity index (χ1v) is 10.8. The lowest BCUT2D eigenvalue weighted by Crippen LogP contribution is -2.49. The van der Waals surface area contributed by atoms with E-state index in [9.17, 15) is 12.8 Å². The lowest BCUT2D eigenvalue weighted by atomic mass is 10.1. The zero-order valence-electron chi connectivity index (χ0n) is 15.4. The standard InChI is InChI=1S/C19H23FN4O2S/c1-2-17-18(20)19(22-13-21-17)23-8-10-24(11-9-23)27(25,26)16-7-6-14-4-3-5-15(14)12-16/h6-7,12-13H,2-5,8-11H2,1H3. The largest absolute Gasteiger partial charge is 0.351 e. The Morgan fingerprint density at radius 1 is 1.07 bits per heavy atom. The van der Waals surface area contributed by atoms with E-state index in [1.54, 1.807) is 11.0 Å². The van der Waals surface area contributed by atoms with Gasteiger partial charge < -0.3 is 4.90 Å². The predicted molar refractivity (Wildman–Crippen MR) is 101 cm³/mol. The summed E-state index contributed by atoms with van der Waals surface area (Å²) in [6.45, 7) is 3.27. The maximum atomic E-state index is 14.5. The van der Waals surface area contributed by atoms with E-state index in [0.717, 1.165) is 24.8 Å². The Morgan fingerprint density at radius 2 is 1.81 bits per heavy atom. The van der Waals surface area contributed by atoms with E-state index < -0.39 is 15.8 Å². The third-order valence-electron chi connectivity index (χ3n) is 5.42. The van der Waals surface area contributed by atoms with Gasteiger partial charge >= 0.3 is 0 Å². The van der Waals surface area contributed by atoms with Crippen molar-refractivity contribution in [3.8, 4) is 0 Å². The fourth-order valence-electron chi connectivity index (χ4n) is 3.86. The number of benzene rings is 1. The SMILES string of the molecule is CCc1ncnc(N2CCN(S(=O)(=O)c3ccc4c(c3)CCC4)CC2)c1F. The Bertz CT molecular complexity index is 956. The summed E-state index contributed by atoms with van der Waals surface area (Å²) in [6, 6.07) is 5.47. The maximum Gasteiger partial charge on any atom is 0.243 e. The molecule has 1 aromatic heterocycles. The summed E-state index contributed by atoms with van der Waals surface area (Å²) >= 11 is 0. The molecule has 0 radical (unpaired) electrons. The first-order chi connectivity index (χ1) is 13.0. The van der Waals surface area contributed by atoms with Gasteiger partial charge in [0.1, 0.15) is 6.33 Å². The molecule has 1 aliphatic carbocycles. The van der Waals surface area contributed by atoms with Crippen LogP contribution in [0.1, 0.15) is 30.2 Å². The van der Waals surface area contributed by atoms with Crippen LogP contribution >= 0.6 is 0 Å². The molecule has 0 saturated carbocycles. The monoisotopic (exact) mass is 390 g/mol. The Hall–Kier alpha value is -2.06. The third-order valence-corrected chi connectivity index (χ3v) is 7.32. The molecular weight excluding hydrogens is 367 g/mol. The average molecular weight is 390 g/mol. The molecule has 1 aromatic carbocycles. The molecule has 1 aliphatic heterocycles. The van der Waals surface area contributed by atoms with Crippen LogP contribution in [-0.2, 0) is 29.3 Å². The highest BCUT2D eigenvalue weighted by Gasteiger charge is 2.30. The van der Waals surface area contributed by atoms with Crippen molar-refractivity contribution in [2.24, 2.45) is 0 Å². The molecule has 1 fully saturated rings. The number of nitrogens with zero attached hydrogens (tertiary/aromatic N) is 4. The number of halogens is 1. The van der Waals surface area contributed by atoms with Crippen molar-refractivity contribution >= 4 is 15.8 Å². The normalized spacial score (nSPS) is 17.9. The van der Waals surface area contributed by atoms with Crippen LogP contribution in [0.5, 0.6) is 0 Å². The summed E-state index contributed by atoms with van der Waals surface area (Å²) in [5.74, 6) is -0.147. The molecule has 0 N–H and O–H groups in total. The summed E-state index contributed by atoms with van der Waals surface area (Å²) < 4.78 is 42.0. The molecule has 0 amide bonds. The molecular formula is C19H23FN4O2S. The van der Waals surface area contributed by atoms with Crippen molar-refractivity contribution in [1.82, 2.24) is 14.3 Å². The summed E-state index contributed by atoms with van der Waals surface area (Å²) in [7, 11) is -3.53. The van der Waals surface area contributed by atoms with Crippen LogP contribution in [0.15, 0.2) is 29.4 Å². The molecule has 2 aromatic rings. The second-order valence-electron chi connectivity index (χ2n) is 6.99. The minimum Gasteiger partial charge on any atom is -0.351 e. The topological polar surface area (TPSA) is 66.4 Å². The molecule has 8 heteroatoms. The highest BCUT2D eigenvalue weighted by Crippen LogP contribution is 2.27. The molecule has 0 unspecified atom stereocenters. The Morgan fingerprint density at radius 3 is 2.56 bits per heavy atom. The Balaban J connectivity index is 1.50. The fraction of sp³-hybridized carbons (Fsp3) is 0.474. The number of anilines is 1. The number of sulfonamides is 1. The molecule has 2 heterocycles. The smallest absolute Gasteiger partial charge is 0.243 e. The van der Waals surface area contributed by atoms with Crippen LogP contribution in [-0.4, -0.2) is 48.9 Å². The van der Waals surface area contributed by atoms with Gasteiger partial charge in [0.2, 0.25) is 10.0 Å². The number of fused-ring (bicyclic) bond motifs is 1. The van der Waals surface area contributed by atoms with Crippen molar-refractivity contribution in [2.45, 2.75) is 37.5 Å². The Kier molecular flexibility index (Phi) is 4.86. The van der Waals surface area contributed by atoms with Gasteiger partial charge in [-0.1, -0.05) is 13.0 Å². The van der Waals surface area contributed by atoms with Gasteiger partial charge in [-0.05, 0) is 48.9 Å². The number of hydrogen-bond acceptors (Lipinski definition) is 5. The summed E-state index contributed by atoms with van der Waals surface area (Å²) in [6.07, 6.45) is 4.92. The second kappa shape index (κ2) is 7.16. The summed E-state index contributed by atoms with van der Waals surface area (Å²) in [5.41, 5.74) is 2.78. The highest BCUT2D eigenvalue weighted by molar-refractivity contribution is 7.89. The zero-order chi connectivity index (χ0) is 19.0. The minimum atomic E-state index is -3.53. The van der Waals surface area contributed by atoms with Crippen LogP contribution in [0.2, 0.25) is 0 Å². The van der Waals surface area contributed by atoms with Crippen molar-refractivity contribution in [3.63, 3.8) is 0 Å². The van der Waals surface area contributed by atoms with Gasteiger partial charge in [-0.25, -0.2) is 22.8 Å². The fourth-order valence-corrected chi connectivity index (χ4v) is 5.33. The molecule has 144 valence electrons. The molecule has 0 atom stereocenters. The van der Waals surface area contributed by atoms with Crippen molar-refractivity contribution in [1.29, 1.82) is 0 Å². The van der Waals surface area contributed by atoms with Crippen LogP contribution in [0.25, 0.3) is 0 Å². The average Bonchev–Trinajstić information content (AvgIpc) is 3.16. The van der Waals surface area contributed by atoms with Gasteiger partial charge in [-0.2, -0.15) is 4.31 Å². The van der Waals surface area contributed by atoms with Gasteiger partial charge in [0, 0.05) is 26.2 Å². The van der Waals surface area contributed by atoms with Gasteiger partial charge in [-0.15, -0.1) is 0 Å². The van der Waals surface area contributed by atoms with Crippen LogP contribution in [0.4, 0.5) is 10.2 Å². The van der Waals surface area contributed by atoms with E-state index in [1.165, 1.54) is 16.2 Å². The van der Waals surface area contributed by atoms with Gasteiger partial charge in [0.05, 0.1) is 10.6 Å². The van der Waals surface area contributed by atoms with Crippen LogP contribution in [0.3, 0.4) is 0 Å². The van der Waals surface area contributed by atoms with Crippen molar-refractivity contribution < 1.29 is 12.8 Å². The predicted octanol–water partition coefficient (Wildman–Crippen LogP) is 2.18. The first-order valence-electron chi connectivity index (χ1n) is 9.37. The first kappa shape index (κ1) is 18.3. The Labute approximate surface area is 159 Å². The van der Waals surface area contributed by atoms with E-state index >= 15 is 0 Å². The maximum absolute atomic E-state index is 14.5. The number of aromatic nitrogens is 2. The van der Waals surface area contributed by atoms with E-state index in [1.807, 2.05) is 19.1 Å². The molecule has 2 aliphatic rings. The summed E-state index contributed by atoms with van der Waals surface area (Å²) in [5, 5.41) is 0. The molecule has 27 heavy (non-hydrogen) atoms. The highest BCUT2D eigenvalue weighted by atomic mass is 32.2. The second-order valence-corrected chi connectivity index (χ2v) is 8.92. The van der Waals surface area contributed by atoms with E-state index in [-0.39, 0.29) is 5.82 Å². The van der Waals surface area contributed by atoms with Crippen molar-refractivity contribution in [3.05, 3.63) is 47.2 Å². The lowest BCUT2D eigenvalue weighted by molar-refractivity contribution is 0.381. The number of piperazine rings is 1. The zero-order valence-corrected chi connectivity index (χ0v) is 16.2. The van der Waals surface area contributed by atoms with Gasteiger partial charge in [0.25, 0.3) is 0 Å². The van der Waals surface area contributed by atoms with E-state index in [2.05, 4.69) is 9.97 Å². The minimum absolute atomic E-state index is 0.261. The molecule has 4 rings (SSSR count). The van der Waals surface area contributed by atoms with Crippen molar-refractivity contribution in [2.75, 3.05) is 31.1 Å². The lowest BCUT2D eigenvalue weighted by Gasteiger charge is -2.34. The number of hydrogen-bond donors (Lipinski definition) is 0.